The van der Waals surface area contributed by atoms with Gasteiger partial charge in [0.25, 0.3) is 0 Å². The summed E-state index contributed by atoms with van der Waals surface area (Å²) in [6, 6.07) is 14.1. The number of piperazine rings is 1. The lowest BCUT2D eigenvalue weighted by Gasteiger charge is -2.34. The van der Waals surface area contributed by atoms with Crippen molar-refractivity contribution in [2.45, 2.75) is 19.3 Å². The molecule has 1 fully saturated rings. The van der Waals surface area contributed by atoms with Gasteiger partial charge in [0.1, 0.15) is 5.69 Å². The first-order valence-corrected chi connectivity index (χ1v) is 11.4. The van der Waals surface area contributed by atoms with Gasteiger partial charge >= 0.3 is 0 Å². The van der Waals surface area contributed by atoms with Gasteiger partial charge in [-0.1, -0.05) is 26.0 Å². The summed E-state index contributed by atoms with van der Waals surface area (Å²) in [6.07, 6.45) is 3.12. The Kier molecular flexibility index (Phi) is 5.58. The highest BCUT2D eigenvalue weighted by atomic mass is 19.1. The summed E-state index contributed by atoms with van der Waals surface area (Å²) in [5.74, 6) is -0.0644. The molecule has 2 aliphatic heterocycles. The second-order valence-electron chi connectivity index (χ2n) is 9.51. The summed E-state index contributed by atoms with van der Waals surface area (Å²) in [6.45, 7) is 9.21. The van der Waals surface area contributed by atoms with E-state index in [2.05, 4.69) is 63.1 Å². The number of fused-ring (bicyclic) bond motifs is 1. The van der Waals surface area contributed by atoms with Crippen molar-refractivity contribution in [2.75, 3.05) is 50.0 Å². The van der Waals surface area contributed by atoms with E-state index in [1.807, 2.05) is 36.5 Å². The van der Waals surface area contributed by atoms with Crippen LogP contribution in [0.4, 0.5) is 21.7 Å². The van der Waals surface area contributed by atoms with Crippen LogP contribution in [0.3, 0.4) is 0 Å². The molecule has 170 valence electrons. The zero-order chi connectivity index (χ0) is 23.0. The normalized spacial score (nSPS) is 17.6. The maximum absolute atomic E-state index is 14.7. The minimum atomic E-state index is -0.437. The molecule has 3 heterocycles. The van der Waals surface area contributed by atoms with Gasteiger partial charge in [0.2, 0.25) is 5.95 Å². The second kappa shape index (κ2) is 8.56. The maximum atomic E-state index is 14.7. The van der Waals surface area contributed by atoms with E-state index in [9.17, 15) is 4.39 Å². The zero-order valence-corrected chi connectivity index (χ0v) is 19.3. The number of anilines is 3. The molecule has 5 rings (SSSR count). The van der Waals surface area contributed by atoms with E-state index >= 15 is 0 Å². The van der Waals surface area contributed by atoms with Gasteiger partial charge in [-0.2, -0.15) is 0 Å². The fourth-order valence-electron chi connectivity index (χ4n) is 4.44. The van der Waals surface area contributed by atoms with Crippen LogP contribution >= 0.6 is 0 Å². The lowest BCUT2D eigenvalue weighted by molar-refractivity contribution is 0.313. The minimum absolute atomic E-state index is 0.101. The standard InChI is InChI=1S/C26H29FN6/c1-26(2)17-28-15-19-5-4-18(14-22(19)26)24-23(27)16-29-25(31-24)30-20-6-8-21(9-7-20)33-12-10-32(3)11-13-33/h4-9,14-16H,10-13,17H2,1-3H3,(H,29,30,31). The van der Waals surface area contributed by atoms with Crippen LogP contribution in [-0.4, -0.2) is 60.9 Å². The molecule has 2 aliphatic rings. The summed E-state index contributed by atoms with van der Waals surface area (Å²) in [5, 5.41) is 3.22. The third kappa shape index (κ3) is 4.46. The molecule has 0 spiro atoms. The maximum Gasteiger partial charge on any atom is 0.227 e. The molecule has 33 heavy (non-hydrogen) atoms. The molecule has 1 saturated heterocycles. The molecule has 1 N–H and O–H groups in total. The Morgan fingerprint density at radius 2 is 1.76 bits per heavy atom. The summed E-state index contributed by atoms with van der Waals surface area (Å²) < 4.78 is 14.7. The van der Waals surface area contributed by atoms with Gasteiger partial charge in [-0.15, -0.1) is 0 Å². The van der Waals surface area contributed by atoms with Gasteiger partial charge in [0, 0.05) is 61.3 Å². The molecule has 1 aromatic heterocycles. The number of rotatable bonds is 4. The smallest absolute Gasteiger partial charge is 0.227 e. The highest BCUT2D eigenvalue weighted by molar-refractivity contribution is 5.85. The quantitative estimate of drug-likeness (QED) is 0.643. The molecule has 0 atom stereocenters. The molecule has 6 nitrogen and oxygen atoms in total. The Bertz CT molecular complexity index is 1180. The van der Waals surface area contributed by atoms with Gasteiger partial charge in [-0.25, -0.2) is 14.4 Å². The Labute approximate surface area is 194 Å². The van der Waals surface area contributed by atoms with Gasteiger partial charge in [0.15, 0.2) is 5.82 Å². The largest absolute Gasteiger partial charge is 0.369 e. The van der Waals surface area contributed by atoms with E-state index in [4.69, 9.17) is 0 Å². The average Bonchev–Trinajstić information content (AvgIpc) is 2.81. The average molecular weight is 445 g/mol. The van der Waals surface area contributed by atoms with Crippen LogP contribution in [0.1, 0.15) is 25.0 Å². The first kappa shape index (κ1) is 21.5. The summed E-state index contributed by atoms with van der Waals surface area (Å²) in [7, 11) is 2.15. The minimum Gasteiger partial charge on any atom is -0.369 e. The number of hydrogen-bond donors (Lipinski definition) is 1. The van der Waals surface area contributed by atoms with Crippen molar-refractivity contribution in [2.24, 2.45) is 4.99 Å². The molecule has 3 aromatic rings. The lowest BCUT2D eigenvalue weighted by Crippen LogP contribution is -2.44. The van der Waals surface area contributed by atoms with Crippen LogP contribution in [0, 0.1) is 5.82 Å². The lowest BCUT2D eigenvalue weighted by atomic mass is 9.79. The summed E-state index contributed by atoms with van der Waals surface area (Å²) in [4.78, 5) is 17.8. The van der Waals surface area contributed by atoms with E-state index in [1.165, 1.54) is 11.9 Å². The van der Waals surface area contributed by atoms with Crippen LogP contribution in [0.2, 0.25) is 0 Å². The first-order chi connectivity index (χ1) is 15.9. The number of aliphatic imine (C=N–C) groups is 1. The third-order valence-electron chi connectivity index (χ3n) is 6.51. The van der Waals surface area contributed by atoms with Crippen molar-refractivity contribution in [3.05, 3.63) is 65.6 Å². The fraction of sp³-hybridized carbons (Fsp3) is 0.346. The van der Waals surface area contributed by atoms with E-state index in [0.717, 1.165) is 48.6 Å². The Morgan fingerprint density at radius 1 is 1.00 bits per heavy atom. The fourth-order valence-corrected chi connectivity index (χ4v) is 4.44. The predicted molar refractivity (Wildman–Crippen MR) is 132 cm³/mol. The van der Waals surface area contributed by atoms with Gasteiger partial charge in [0.05, 0.1) is 6.20 Å². The topological polar surface area (TPSA) is 56.6 Å². The van der Waals surface area contributed by atoms with Gasteiger partial charge in [-0.05, 0) is 48.5 Å². The Hall–Kier alpha value is -3.32. The number of halogens is 1. The van der Waals surface area contributed by atoms with Crippen molar-refractivity contribution < 1.29 is 4.39 Å². The first-order valence-electron chi connectivity index (χ1n) is 11.4. The summed E-state index contributed by atoms with van der Waals surface area (Å²) in [5.41, 5.74) is 5.23. The molecule has 0 saturated carbocycles. The third-order valence-corrected chi connectivity index (χ3v) is 6.51. The monoisotopic (exact) mass is 444 g/mol. The van der Waals surface area contributed by atoms with Crippen LogP contribution in [-0.2, 0) is 5.41 Å². The van der Waals surface area contributed by atoms with Crippen molar-refractivity contribution in [1.82, 2.24) is 14.9 Å². The molecule has 7 heteroatoms. The number of nitrogens with zero attached hydrogens (tertiary/aromatic N) is 5. The molecule has 0 amide bonds. The highest BCUT2D eigenvalue weighted by Crippen LogP contribution is 2.33. The van der Waals surface area contributed by atoms with E-state index in [-0.39, 0.29) is 5.41 Å². The SMILES string of the molecule is CN1CCN(c2ccc(Nc3ncc(F)c(-c4ccc5c(c4)C(C)(C)CN=C5)n3)cc2)CC1. The van der Waals surface area contributed by atoms with Crippen LogP contribution in [0.15, 0.2) is 53.7 Å². The van der Waals surface area contributed by atoms with Crippen molar-refractivity contribution in [3.8, 4) is 11.3 Å². The van der Waals surface area contributed by atoms with Crippen molar-refractivity contribution in [3.63, 3.8) is 0 Å². The van der Waals surface area contributed by atoms with E-state index in [1.54, 1.807) is 0 Å². The zero-order valence-electron chi connectivity index (χ0n) is 19.3. The van der Waals surface area contributed by atoms with Crippen molar-refractivity contribution >= 4 is 23.5 Å². The molecular weight excluding hydrogens is 415 g/mol. The van der Waals surface area contributed by atoms with Crippen LogP contribution in [0.5, 0.6) is 0 Å². The number of nitrogens with one attached hydrogen (secondary N) is 1. The summed E-state index contributed by atoms with van der Waals surface area (Å²) >= 11 is 0. The Balaban J connectivity index is 1.37. The molecule has 0 bridgehead atoms. The van der Waals surface area contributed by atoms with Gasteiger partial charge < -0.3 is 15.1 Å². The second-order valence-corrected chi connectivity index (χ2v) is 9.51. The number of hydrogen-bond acceptors (Lipinski definition) is 6. The number of aromatic nitrogens is 2. The van der Waals surface area contributed by atoms with E-state index in [0.29, 0.717) is 18.2 Å². The van der Waals surface area contributed by atoms with Crippen LogP contribution in [0.25, 0.3) is 11.3 Å². The Morgan fingerprint density at radius 3 is 2.52 bits per heavy atom. The predicted octanol–water partition coefficient (Wildman–Crippen LogP) is 4.49. The molecular formula is C26H29FN6. The van der Waals surface area contributed by atoms with E-state index < -0.39 is 5.82 Å². The number of benzene rings is 2. The van der Waals surface area contributed by atoms with Crippen LogP contribution < -0.4 is 10.2 Å². The molecule has 2 aromatic carbocycles. The molecule has 0 aliphatic carbocycles. The number of likely N-dealkylation sites (N-methyl/N-ethyl adjacent to an activating group) is 1. The molecule has 0 radical (unpaired) electrons. The van der Waals surface area contributed by atoms with Crippen molar-refractivity contribution in [1.29, 1.82) is 0 Å². The highest BCUT2D eigenvalue weighted by Gasteiger charge is 2.26. The van der Waals surface area contributed by atoms with Gasteiger partial charge in [-0.3, -0.25) is 4.99 Å². The molecule has 0 unspecified atom stereocenters.